The number of esters is 1. The molecule has 11 heteroatoms. The van der Waals surface area contributed by atoms with Crippen LogP contribution in [0.15, 0.2) is 65.7 Å². The Bertz CT molecular complexity index is 1390. The van der Waals surface area contributed by atoms with Crippen molar-refractivity contribution in [2.24, 2.45) is 0 Å². The van der Waals surface area contributed by atoms with Crippen molar-refractivity contribution in [3.8, 4) is 11.1 Å². The molecule has 0 aliphatic carbocycles. The zero-order valence-corrected chi connectivity index (χ0v) is 20.1. The minimum atomic E-state index is -4.47. The molecule has 2 heterocycles. The van der Waals surface area contributed by atoms with Crippen molar-refractivity contribution in [2.75, 3.05) is 20.2 Å². The Balaban J connectivity index is 1.58. The van der Waals surface area contributed by atoms with Gasteiger partial charge >= 0.3 is 12.1 Å². The molecular formula is C25H23F3N2O5S. The molecule has 1 aliphatic heterocycles. The van der Waals surface area contributed by atoms with Gasteiger partial charge in [0, 0.05) is 24.8 Å². The Morgan fingerprint density at radius 2 is 1.64 bits per heavy atom. The summed E-state index contributed by atoms with van der Waals surface area (Å²) >= 11 is 0. The molecule has 0 spiro atoms. The van der Waals surface area contributed by atoms with Crippen LogP contribution < -0.4 is 0 Å². The first-order chi connectivity index (χ1) is 17.0. The molecule has 1 aromatic heterocycles. The van der Waals surface area contributed by atoms with Gasteiger partial charge in [0.1, 0.15) is 10.6 Å². The Hall–Kier alpha value is -3.44. The first-order valence-electron chi connectivity index (χ1n) is 11.1. The van der Waals surface area contributed by atoms with Gasteiger partial charge in [-0.25, -0.2) is 13.2 Å². The predicted octanol–water partition coefficient (Wildman–Crippen LogP) is 4.63. The standard InChI is InChI=1S/C25H23F3N2O5S/c1-35-24(32)22-14-21(36(33,34)30-11-2-3-12-30)15-29(22)16-23(31)18-9-7-17(8-10-18)19-5-4-6-20(13-19)25(26,27)28/h4-10,13-15H,2-3,11-12,16H2,1H3. The van der Waals surface area contributed by atoms with E-state index in [1.165, 1.54) is 57.5 Å². The first kappa shape index (κ1) is 25.6. The second-order valence-corrected chi connectivity index (χ2v) is 10.3. The van der Waals surface area contributed by atoms with E-state index in [-0.39, 0.29) is 22.7 Å². The molecule has 190 valence electrons. The second kappa shape index (κ2) is 9.90. The molecule has 4 rings (SSSR count). The van der Waals surface area contributed by atoms with Crippen molar-refractivity contribution >= 4 is 21.8 Å². The molecule has 0 bridgehead atoms. The Morgan fingerprint density at radius 3 is 2.25 bits per heavy atom. The van der Waals surface area contributed by atoms with E-state index in [4.69, 9.17) is 4.74 Å². The van der Waals surface area contributed by atoms with Crippen molar-refractivity contribution in [3.63, 3.8) is 0 Å². The zero-order valence-electron chi connectivity index (χ0n) is 19.3. The SMILES string of the molecule is COC(=O)c1cc(S(=O)(=O)N2CCCC2)cn1CC(=O)c1ccc(-c2cccc(C(F)(F)F)c2)cc1. The third-order valence-corrected chi connectivity index (χ3v) is 7.88. The number of sulfonamides is 1. The molecule has 1 fully saturated rings. The monoisotopic (exact) mass is 520 g/mol. The molecule has 0 radical (unpaired) electrons. The molecule has 0 atom stereocenters. The van der Waals surface area contributed by atoms with Gasteiger partial charge in [-0.2, -0.15) is 17.5 Å². The van der Waals surface area contributed by atoms with Gasteiger partial charge in [0.2, 0.25) is 10.0 Å². The first-order valence-corrected chi connectivity index (χ1v) is 12.5. The Morgan fingerprint density at radius 1 is 0.972 bits per heavy atom. The number of halogens is 3. The Labute approximate surface area is 206 Å². The smallest absolute Gasteiger partial charge is 0.416 e. The van der Waals surface area contributed by atoms with Crippen molar-refractivity contribution in [3.05, 3.63) is 77.6 Å². The summed E-state index contributed by atoms with van der Waals surface area (Å²) in [6, 6.07) is 12.1. The van der Waals surface area contributed by atoms with Crippen LogP contribution in [0.2, 0.25) is 0 Å². The zero-order chi connectivity index (χ0) is 26.1. The van der Waals surface area contributed by atoms with Gasteiger partial charge in [-0.15, -0.1) is 0 Å². The molecule has 1 aliphatic rings. The molecule has 0 amide bonds. The van der Waals surface area contributed by atoms with Crippen LogP contribution in [0, 0.1) is 0 Å². The highest BCUT2D eigenvalue weighted by Gasteiger charge is 2.31. The third kappa shape index (κ3) is 5.21. The summed E-state index contributed by atoms with van der Waals surface area (Å²) < 4.78 is 72.2. The molecular weight excluding hydrogens is 497 g/mol. The maximum Gasteiger partial charge on any atom is 0.416 e. The number of aromatic nitrogens is 1. The number of carbonyl (C=O) groups is 2. The Kier molecular flexibility index (Phi) is 7.05. The van der Waals surface area contributed by atoms with E-state index in [0.717, 1.165) is 32.1 Å². The van der Waals surface area contributed by atoms with Crippen LogP contribution in [-0.2, 0) is 27.5 Å². The van der Waals surface area contributed by atoms with Gasteiger partial charge in [0.05, 0.1) is 19.2 Å². The average Bonchev–Trinajstić information content (AvgIpc) is 3.55. The molecule has 3 aromatic rings. The van der Waals surface area contributed by atoms with Crippen LogP contribution >= 0.6 is 0 Å². The number of ether oxygens (including phenoxy) is 1. The number of nitrogens with zero attached hydrogens (tertiary/aromatic N) is 2. The van der Waals surface area contributed by atoms with Crippen molar-refractivity contribution < 1.29 is 35.9 Å². The topological polar surface area (TPSA) is 85.7 Å². The van der Waals surface area contributed by atoms with Crippen LogP contribution in [0.3, 0.4) is 0 Å². The number of ketones is 1. The molecule has 0 N–H and O–H groups in total. The van der Waals surface area contributed by atoms with Crippen LogP contribution in [0.25, 0.3) is 11.1 Å². The largest absolute Gasteiger partial charge is 0.464 e. The highest BCUT2D eigenvalue weighted by molar-refractivity contribution is 7.89. The lowest BCUT2D eigenvalue weighted by atomic mass is 10.0. The molecule has 1 saturated heterocycles. The van der Waals surface area contributed by atoms with E-state index < -0.39 is 33.5 Å². The number of hydrogen-bond donors (Lipinski definition) is 0. The molecule has 2 aromatic carbocycles. The molecule has 36 heavy (non-hydrogen) atoms. The van der Waals surface area contributed by atoms with Gasteiger partial charge in [0.25, 0.3) is 0 Å². The van der Waals surface area contributed by atoms with Gasteiger partial charge in [-0.05, 0) is 42.2 Å². The minimum Gasteiger partial charge on any atom is -0.464 e. The second-order valence-electron chi connectivity index (χ2n) is 8.37. The van der Waals surface area contributed by atoms with Gasteiger partial charge in [-0.3, -0.25) is 4.79 Å². The van der Waals surface area contributed by atoms with Crippen LogP contribution in [0.5, 0.6) is 0 Å². The summed E-state index contributed by atoms with van der Waals surface area (Å²) in [4.78, 5) is 25.1. The fraction of sp³-hybridized carbons (Fsp3) is 0.280. The number of rotatable bonds is 7. The molecule has 0 saturated carbocycles. The fourth-order valence-electron chi connectivity index (χ4n) is 4.08. The highest BCUT2D eigenvalue weighted by Crippen LogP contribution is 2.32. The van der Waals surface area contributed by atoms with Crippen molar-refractivity contribution in [2.45, 2.75) is 30.5 Å². The van der Waals surface area contributed by atoms with E-state index in [9.17, 15) is 31.2 Å². The maximum absolute atomic E-state index is 13.0. The number of hydrogen-bond acceptors (Lipinski definition) is 5. The summed E-state index contributed by atoms with van der Waals surface area (Å²) in [6.45, 7) is 0.444. The minimum absolute atomic E-state index is 0.0794. The number of benzene rings is 2. The molecule has 0 unspecified atom stereocenters. The van der Waals surface area contributed by atoms with Gasteiger partial charge < -0.3 is 9.30 Å². The third-order valence-electron chi connectivity index (χ3n) is 6.01. The number of Topliss-reactive ketones (excluding diaryl/α,β-unsaturated/α-hetero) is 1. The van der Waals surface area contributed by atoms with Gasteiger partial charge in [0.15, 0.2) is 5.78 Å². The summed E-state index contributed by atoms with van der Waals surface area (Å²) in [5, 5.41) is 0. The van der Waals surface area contributed by atoms with Crippen LogP contribution in [-0.4, -0.2) is 49.2 Å². The van der Waals surface area contributed by atoms with Gasteiger partial charge in [-0.1, -0.05) is 36.4 Å². The van der Waals surface area contributed by atoms with Crippen molar-refractivity contribution in [1.29, 1.82) is 0 Å². The number of methoxy groups -OCH3 is 1. The number of carbonyl (C=O) groups excluding carboxylic acids is 2. The lowest BCUT2D eigenvalue weighted by Gasteiger charge is -2.13. The summed E-state index contributed by atoms with van der Waals surface area (Å²) in [5.41, 5.74) is 0.234. The predicted molar refractivity (Wildman–Crippen MR) is 125 cm³/mol. The van der Waals surface area contributed by atoms with E-state index in [2.05, 4.69) is 0 Å². The number of alkyl halides is 3. The lowest BCUT2D eigenvalue weighted by molar-refractivity contribution is -0.137. The van der Waals surface area contributed by atoms with E-state index in [0.29, 0.717) is 24.2 Å². The summed E-state index contributed by atoms with van der Waals surface area (Å²) in [5.74, 6) is -1.21. The van der Waals surface area contributed by atoms with Crippen LogP contribution in [0.1, 0.15) is 39.3 Å². The normalized spacial score (nSPS) is 14.7. The average molecular weight is 521 g/mol. The van der Waals surface area contributed by atoms with Crippen molar-refractivity contribution in [1.82, 2.24) is 8.87 Å². The van der Waals surface area contributed by atoms with Crippen LogP contribution in [0.4, 0.5) is 13.2 Å². The van der Waals surface area contributed by atoms with E-state index >= 15 is 0 Å². The fourth-order valence-corrected chi connectivity index (χ4v) is 5.64. The van der Waals surface area contributed by atoms with E-state index in [1.54, 1.807) is 0 Å². The summed E-state index contributed by atoms with van der Waals surface area (Å²) in [7, 11) is -2.66. The lowest BCUT2D eigenvalue weighted by Crippen LogP contribution is -2.27. The highest BCUT2D eigenvalue weighted by atomic mass is 32.2. The summed E-state index contributed by atoms with van der Waals surface area (Å²) in [6.07, 6.45) is -1.73. The molecule has 7 nitrogen and oxygen atoms in total. The maximum atomic E-state index is 13.0. The van der Waals surface area contributed by atoms with E-state index in [1.807, 2.05) is 0 Å². The quantitative estimate of drug-likeness (QED) is 0.335.